The van der Waals surface area contributed by atoms with E-state index in [9.17, 15) is 18.0 Å². The average molecular weight is 459 g/mol. The maximum Gasteiger partial charge on any atom is 0.258 e. The molecule has 168 valence electrons. The molecule has 1 amide bonds. The SMILES string of the molecule is Cc1ncc(-c2cccn3c(-c4cccc(F)c4F)ncc23)cc1C(=O)Nc1ccc(F)cn1. The van der Waals surface area contributed by atoms with Gasteiger partial charge in [0.1, 0.15) is 17.5 Å². The first-order chi connectivity index (χ1) is 16.4. The van der Waals surface area contributed by atoms with E-state index in [1.165, 1.54) is 24.3 Å². The number of anilines is 1. The van der Waals surface area contributed by atoms with Gasteiger partial charge in [0.15, 0.2) is 11.6 Å². The number of carbonyl (C=O) groups excluding carboxylic acids is 1. The first-order valence-electron chi connectivity index (χ1n) is 10.2. The second-order valence-electron chi connectivity index (χ2n) is 7.53. The molecule has 6 nitrogen and oxygen atoms in total. The lowest BCUT2D eigenvalue weighted by atomic mass is 10.0. The van der Waals surface area contributed by atoms with Crippen molar-refractivity contribution in [3.8, 4) is 22.5 Å². The summed E-state index contributed by atoms with van der Waals surface area (Å²) in [5.41, 5.74) is 2.77. The molecule has 1 N–H and O–H groups in total. The van der Waals surface area contributed by atoms with E-state index < -0.39 is 23.4 Å². The number of benzene rings is 1. The van der Waals surface area contributed by atoms with E-state index in [-0.39, 0.29) is 17.2 Å². The molecule has 0 atom stereocenters. The zero-order valence-electron chi connectivity index (χ0n) is 17.8. The highest BCUT2D eigenvalue weighted by Gasteiger charge is 2.18. The molecule has 1 aromatic carbocycles. The van der Waals surface area contributed by atoms with E-state index >= 15 is 0 Å². The summed E-state index contributed by atoms with van der Waals surface area (Å²) in [4.78, 5) is 25.3. The second kappa shape index (κ2) is 8.43. The normalized spacial score (nSPS) is 11.1. The first kappa shape index (κ1) is 21.3. The Morgan fingerprint density at radius 2 is 1.74 bits per heavy atom. The highest BCUT2D eigenvalue weighted by atomic mass is 19.2. The van der Waals surface area contributed by atoms with Crippen molar-refractivity contribution < 1.29 is 18.0 Å². The predicted molar refractivity (Wildman–Crippen MR) is 121 cm³/mol. The Morgan fingerprint density at radius 3 is 2.53 bits per heavy atom. The molecule has 0 saturated carbocycles. The number of halogens is 3. The first-order valence-corrected chi connectivity index (χ1v) is 10.2. The molecule has 0 aliphatic carbocycles. The van der Waals surface area contributed by atoms with Gasteiger partial charge in [-0.1, -0.05) is 12.1 Å². The smallest absolute Gasteiger partial charge is 0.258 e. The van der Waals surface area contributed by atoms with Crippen molar-refractivity contribution >= 4 is 17.2 Å². The highest BCUT2D eigenvalue weighted by Crippen LogP contribution is 2.30. The molecule has 34 heavy (non-hydrogen) atoms. The molecule has 4 aromatic heterocycles. The molecule has 5 rings (SSSR count). The zero-order valence-corrected chi connectivity index (χ0v) is 17.8. The van der Waals surface area contributed by atoms with Crippen LogP contribution in [0.15, 0.2) is 73.3 Å². The third kappa shape index (κ3) is 3.77. The van der Waals surface area contributed by atoms with E-state index in [0.717, 1.165) is 12.3 Å². The number of rotatable bonds is 4. The van der Waals surface area contributed by atoms with Crippen LogP contribution in [0.25, 0.3) is 28.0 Å². The molecule has 0 saturated heterocycles. The molecule has 0 aliphatic heterocycles. The topological polar surface area (TPSA) is 72.2 Å². The molecule has 4 heterocycles. The Balaban J connectivity index is 1.55. The summed E-state index contributed by atoms with van der Waals surface area (Å²) >= 11 is 0. The van der Waals surface area contributed by atoms with Crippen molar-refractivity contribution in [2.24, 2.45) is 0 Å². The lowest BCUT2D eigenvalue weighted by Crippen LogP contribution is -2.15. The van der Waals surface area contributed by atoms with E-state index in [1.54, 1.807) is 42.0 Å². The summed E-state index contributed by atoms with van der Waals surface area (Å²) < 4.78 is 42.9. The van der Waals surface area contributed by atoms with E-state index in [4.69, 9.17) is 0 Å². The number of aryl methyl sites for hydroxylation is 1. The van der Waals surface area contributed by atoms with Crippen LogP contribution in [-0.2, 0) is 0 Å². The highest BCUT2D eigenvalue weighted by molar-refractivity contribution is 6.05. The van der Waals surface area contributed by atoms with Gasteiger partial charge in [-0.15, -0.1) is 0 Å². The van der Waals surface area contributed by atoms with Gasteiger partial charge >= 0.3 is 0 Å². The fourth-order valence-electron chi connectivity index (χ4n) is 3.69. The number of aromatic nitrogens is 4. The molecular weight excluding hydrogens is 443 g/mol. The van der Waals surface area contributed by atoms with Gasteiger partial charge in [-0.3, -0.25) is 14.2 Å². The minimum atomic E-state index is -0.981. The Hall–Kier alpha value is -4.53. The van der Waals surface area contributed by atoms with Gasteiger partial charge in [-0.25, -0.2) is 23.1 Å². The molecular formula is C25H16F3N5O. The molecule has 0 aliphatic rings. The number of hydrogen-bond acceptors (Lipinski definition) is 4. The van der Waals surface area contributed by atoms with E-state index in [0.29, 0.717) is 27.9 Å². The molecule has 0 bridgehead atoms. The number of amides is 1. The fourth-order valence-corrected chi connectivity index (χ4v) is 3.69. The van der Waals surface area contributed by atoms with Crippen LogP contribution < -0.4 is 5.32 Å². The van der Waals surface area contributed by atoms with Crippen LogP contribution in [0.4, 0.5) is 19.0 Å². The number of imidazole rings is 1. The Bertz CT molecular complexity index is 1550. The van der Waals surface area contributed by atoms with Crippen molar-refractivity contribution in [1.82, 2.24) is 19.4 Å². The molecule has 0 fully saturated rings. The third-order valence-corrected chi connectivity index (χ3v) is 5.37. The predicted octanol–water partition coefficient (Wildman–Crippen LogP) is 5.44. The van der Waals surface area contributed by atoms with Gasteiger partial charge in [0.25, 0.3) is 5.91 Å². The minimum Gasteiger partial charge on any atom is -0.307 e. The summed E-state index contributed by atoms with van der Waals surface area (Å²) in [5.74, 6) is -2.45. The number of pyridine rings is 3. The summed E-state index contributed by atoms with van der Waals surface area (Å²) in [6.45, 7) is 1.70. The van der Waals surface area contributed by atoms with Crippen LogP contribution in [0.1, 0.15) is 16.1 Å². The lowest BCUT2D eigenvalue weighted by Gasteiger charge is -2.11. The maximum absolute atomic E-state index is 14.4. The number of carbonyl (C=O) groups is 1. The largest absolute Gasteiger partial charge is 0.307 e. The van der Waals surface area contributed by atoms with Crippen LogP contribution in [-0.4, -0.2) is 25.3 Å². The monoisotopic (exact) mass is 459 g/mol. The van der Waals surface area contributed by atoms with Crippen molar-refractivity contribution in [3.05, 3.63) is 102 Å². The van der Waals surface area contributed by atoms with Crippen LogP contribution in [0.5, 0.6) is 0 Å². The maximum atomic E-state index is 14.4. The minimum absolute atomic E-state index is 0.0334. The van der Waals surface area contributed by atoms with Crippen LogP contribution in [0, 0.1) is 24.4 Å². The molecule has 0 unspecified atom stereocenters. The number of nitrogens with one attached hydrogen (secondary N) is 1. The number of nitrogens with zero attached hydrogens (tertiary/aromatic N) is 4. The van der Waals surface area contributed by atoms with Gasteiger partial charge in [-0.2, -0.15) is 0 Å². The van der Waals surface area contributed by atoms with Crippen molar-refractivity contribution in [2.75, 3.05) is 5.32 Å². The quantitative estimate of drug-likeness (QED) is 0.389. The van der Waals surface area contributed by atoms with Crippen LogP contribution in [0.2, 0.25) is 0 Å². The van der Waals surface area contributed by atoms with Gasteiger partial charge in [0.05, 0.1) is 34.7 Å². The van der Waals surface area contributed by atoms with Crippen LogP contribution in [0.3, 0.4) is 0 Å². The summed E-state index contributed by atoms with van der Waals surface area (Å²) in [5, 5.41) is 2.63. The molecule has 5 aromatic rings. The average Bonchev–Trinajstić information content (AvgIpc) is 3.27. The fraction of sp³-hybridized carbons (Fsp3) is 0.0400. The summed E-state index contributed by atoms with van der Waals surface area (Å²) in [6.07, 6.45) is 5.88. The standard InChI is InChI=1S/C25H16F3N5O/c1-14-19(25(34)32-22-8-7-16(26)12-30-22)10-15(11-29-14)17-5-3-9-33-21(17)13-31-24(33)18-4-2-6-20(27)23(18)28/h2-13H,1H3,(H,30,32,34). The summed E-state index contributed by atoms with van der Waals surface area (Å²) in [7, 11) is 0. The third-order valence-electron chi connectivity index (χ3n) is 5.37. The van der Waals surface area contributed by atoms with Crippen molar-refractivity contribution in [3.63, 3.8) is 0 Å². The Morgan fingerprint density at radius 1 is 0.912 bits per heavy atom. The van der Waals surface area contributed by atoms with Gasteiger partial charge in [0.2, 0.25) is 0 Å². The molecule has 9 heteroatoms. The van der Waals surface area contributed by atoms with E-state index in [1.807, 2.05) is 6.07 Å². The number of hydrogen-bond donors (Lipinski definition) is 1. The van der Waals surface area contributed by atoms with Crippen molar-refractivity contribution in [1.29, 1.82) is 0 Å². The molecule has 0 spiro atoms. The number of fused-ring (bicyclic) bond motifs is 1. The Labute approximate surface area is 191 Å². The summed E-state index contributed by atoms with van der Waals surface area (Å²) in [6, 6.07) is 11.7. The lowest BCUT2D eigenvalue weighted by molar-refractivity contribution is 0.102. The van der Waals surface area contributed by atoms with Gasteiger partial charge in [-0.05, 0) is 43.3 Å². The Kier molecular flexibility index (Phi) is 5.29. The molecule has 0 radical (unpaired) electrons. The van der Waals surface area contributed by atoms with Crippen LogP contribution >= 0.6 is 0 Å². The van der Waals surface area contributed by atoms with Gasteiger partial charge < -0.3 is 5.32 Å². The van der Waals surface area contributed by atoms with E-state index in [2.05, 4.69) is 20.3 Å². The van der Waals surface area contributed by atoms with Gasteiger partial charge in [0, 0.05) is 23.5 Å². The second-order valence-corrected chi connectivity index (χ2v) is 7.53. The zero-order chi connectivity index (χ0) is 23.8. The van der Waals surface area contributed by atoms with Crippen molar-refractivity contribution in [2.45, 2.75) is 6.92 Å².